The van der Waals surface area contributed by atoms with Crippen molar-refractivity contribution in [2.24, 2.45) is 5.18 Å². The number of hydrogen-bond acceptors (Lipinski definition) is 3. The highest BCUT2D eigenvalue weighted by Crippen LogP contribution is 2.17. The standard InChI is InChI=1S/C8H7NO2.CH5P/c1-6(10)7-4-2-3-5-8(7)9-11;1-2/h2-5H,1H3;2H2,1H3. The smallest absolute Gasteiger partial charge is 0.162 e. The second-order valence-electron chi connectivity index (χ2n) is 2.16. The molecule has 0 fully saturated rings. The van der Waals surface area contributed by atoms with Crippen molar-refractivity contribution in [1.29, 1.82) is 0 Å². The fraction of sp³-hybridized carbons (Fsp3) is 0.222. The van der Waals surface area contributed by atoms with Crippen molar-refractivity contribution in [3.63, 3.8) is 0 Å². The summed E-state index contributed by atoms with van der Waals surface area (Å²) in [4.78, 5) is 21.0. The third-order valence-electron chi connectivity index (χ3n) is 1.38. The third kappa shape index (κ3) is 3.43. The maximum absolute atomic E-state index is 10.8. The van der Waals surface area contributed by atoms with Crippen molar-refractivity contribution >= 4 is 20.7 Å². The molecule has 1 aromatic rings. The molecule has 0 radical (unpaired) electrons. The van der Waals surface area contributed by atoms with E-state index in [1.165, 1.54) is 13.0 Å². The minimum absolute atomic E-state index is 0.139. The normalized spacial score (nSPS) is 8.23. The molecule has 0 spiro atoms. The lowest BCUT2D eigenvalue weighted by Crippen LogP contribution is -1.90. The van der Waals surface area contributed by atoms with Crippen LogP contribution in [0.1, 0.15) is 17.3 Å². The lowest BCUT2D eigenvalue weighted by molar-refractivity contribution is 0.101. The molecule has 1 aromatic carbocycles. The number of carbonyl (C=O) groups excluding carboxylic acids is 1. The van der Waals surface area contributed by atoms with Gasteiger partial charge in [-0.15, -0.1) is 14.1 Å². The van der Waals surface area contributed by atoms with Crippen molar-refractivity contribution in [2.45, 2.75) is 6.92 Å². The monoisotopic (exact) mass is 197 g/mol. The zero-order chi connectivity index (χ0) is 10.3. The van der Waals surface area contributed by atoms with Crippen LogP contribution in [0.2, 0.25) is 0 Å². The van der Waals surface area contributed by atoms with Gasteiger partial charge in [-0.1, -0.05) is 18.8 Å². The van der Waals surface area contributed by atoms with Crippen LogP contribution in [0.4, 0.5) is 5.69 Å². The van der Waals surface area contributed by atoms with Gasteiger partial charge in [-0.25, -0.2) is 0 Å². The van der Waals surface area contributed by atoms with Gasteiger partial charge < -0.3 is 0 Å². The van der Waals surface area contributed by atoms with E-state index < -0.39 is 0 Å². The Hall–Kier alpha value is -1.08. The van der Waals surface area contributed by atoms with Crippen molar-refractivity contribution in [3.8, 4) is 0 Å². The van der Waals surface area contributed by atoms with E-state index >= 15 is 0 Å². The summed E-state index contributed by atoms with van der Waals surface area (Å²) < 4.78 is 0. The van der Waals surface area contributed by atoms with Crippen LogP contribution in [-0.4, -0.2) is 12.4 Å². The van der Waals surface area contributed by atoms with Gasteiger partial charge in [-0.2, -0.15) is 0 Å². The number of carbonyl (C=O) groups is 1. The zero-order valence-corrected chi connectivity index (χ0v) is 8.81. The number of rotatable bonds is 2. The Bertz CT molecular complexity index is 299. The molecule has 0 heterocycles. The van der Waals surface area contributed by atoms with Crippen LogP contribution in [0.5, 0.6) is 0 Å². The first-order valence-corrected chi connectivity index (χ1v) is 4.92. The summed E-state index contributed by atoms with van der Waals surface area (Å²) in [5.74, 6) is -0.139. The molecule has 0 aliphatic carbocycles. The highest BCUT2D eigenvalue weighted by Gasteiger charge is 2.04. The molecule has 0 saturated carbocycles. The number of benzene rings is 1. The molecule has 0 aliphatic heterocycles. The van der Waals surface area contributed by atoms with Gasteiger partial charge in [0.05, 0.1) is 0 Å². The molecule has 0 amide bonds. The van der Waals surface area contributed by atoms with Crippen LogP contribution in [0.3, 0.4) is 0 Å². The topological polar surface area (TPSA) is 46.5 Å². The zero-order valence-electron chi connectivity index (χ0n) is 7.65. The Labute approximate surface area is 79.7 Å². The van der Waals surface area contributed by atoms with E-state index in [0.717, 1.165) is 0 Å². The van der Waals surface area contributed by atoms with Gasteiger partial charge >= 0.3 is 0 Å². The summed E-state index contributed by atoms with van der Waals surface area (Å²) in [6.07, 6.45) is 0. The quantitative estimate of drug-likeness (QED) is 0.415. The Morgan fingerprint density at radius 1 is 1.31 bits per heavy atom. The van der Waals surface area contributed by atoms with Gasteiger partial charge in [0.25, 0.3) is 0 Å². The minimum Gasteiger partial charge on any atom is -0.294 e. The average molecular weight is 197 g/mol. The molecule has 0 aromatic heterocycles. The lowest BCUT2D eigenvalue weighted by atomic mass is 10.1. The maximum Gasteiger partial charge on any atom is 0.162 e. The number of ketones is 1. The van der Waals surface area contributed by atoms with Gasteiger partial charge in [-0.05, 0) is 24.2 Å². The van der Waals surface area contributed by atoms with Crippen molar-refractivity contribution in [1.82, 2.24) is 0 Å². The molecule has 0 bridgehead atoms. The molecule has 13 heavy (non-hydrogen) atoms. The van der Waals surface area contributed by atoms with Crippen LogP contribution in [-0.2, 0) is 0 Å². The molecule has 70 valence electrons. The van der Waals surface area contributed by atoms with Crippen LogP contribution < -0.4 is 0 Å². The van der Waals surface area contributed by atoms with Crippen molar-refractivity contribution in [2.75, 3.05) is 6.66 Å². The first kappa shape index (κ1) is 11.9. The van der Waals surface area contributed by atoms with Gasteiger partial charge in [0.1, 0.15) is 5.69 Å². The summed E-state index contributed by atoms with van der Waals surface area (Å²) in [6, 6.07) is 6.47. The summed E-state index contributed by atoms with van der Waals surface area (Å²) in [5, 5.41) is 2.72. The molecule has 0 aliphatic rings. The summed E-state index contributed by atoms with van der Waals surface area (Å²) in [7, 11) is 2.42. The maximum atomic E-state index is 10.8. The van der Waals surface area contributed by atoms with E-state index in [4.69, 9.17) is 0 Å². The van der Waals surface area contributed by atoms with Crippen LogP contribution >= 0.6 is 9.24 Å². The van der Waals surface area contributed by atoms with Gasteiger partial charge in [0.15, 0.2) is 5.78 Å². The predicted molar refractivity (Wildman–Crippen MR) is 57.5 cm³/mol. The SMILES string of the molecule is CC(=O)c1ccccc1N=O.CP. The van der Waals surface area contributed by atoms with Crippen LogP contribution in [0, 0.1) is 4.91 Å². The predicted octanol–water partition coefficient (Wildman–Crippen LogP) is 2.78. The first-order chi connectivity index (χ1) is 6.25. The molecule has 1 atom stereocenters. The molecule has 0 N–H and O–H groups in total. The Morgan fingerprint density at radius 2 is 1.85 bits per heavy atom. The highest BCUT2D eigenvalue weighted by molar-refractivity contribution is 7.15. The molecule has 4 heteroatoms. The third-order valence-corrected chi connectivity index (χ3v) is 1.38. The average Bonchev–Trinajstić information content (AvgIpc) is 2.20. The highest BCUT2D eigenvalue weighted by atomic mass is 31.0. The van der Waals surface area contributed by atoms with Crippen LogP contribution in [0.15, 0.2) is 29.4 Å². The van der Waals surface area contributed by atoms with E-state index in [9.17, 15) is 9.70 Å². The summed E-state index contributed by atoms with van der Waals surface area (Å²) in [5.41, 5.74) is 0.586. The van der Waals surface area contributed by atoms with E-state index in [0.29, 0.717) is 5.56 Å². The van der Waals surface area contributed by atoms with Crippen LogP contribution in [0.25, 0.3) is 0 Å². The van der Waals surface area contributed by atoms with Gasteiger partial charge in [0.2, 0.25) is 0 Å². The fourth-order valence-electron chi connectivity index (χ4n) is 0.851. The fourth-order valence-corrected chi connectivity index (χ4v) is 0.851. The van der Waals surface area contributed by atoms with Gasteiger partial charge in [0, 0.05) is 5.56 Å². The van der Waals surface area contributed by atoms with E-state index in [2.05, 4.69) is 14.4 Å². The lowest BCUT2D eigenvalue weighted by Gasteiger charge is -1.95. The number of nitrogens with zero attached hydrogens (tertiary/aromatic N) is 1. The molecular formula is C9H12NO2P. The Balaban J connectivity index is 0.000000671. The number of hydrogen-bond donors (Lipinski definition) is 0. The van der Waals surface area contributed by atoms with Crippen molar-refractivity contribution < 1.29 is 4.79 Å². The largest absolute Gasteiger partial charge is 0.294 e. The van der Waals surface area contributed by atoms with Crippen molar-refractivity contribution in [3.05, 3.63) is 34.7 Å². The summed E-state index contributed by atoms with van der Waals surface area (Å²) in [6.45, 7) is 3.32. The van der Waals surface area contributed by atoms with E-state index in [1.54, 1.807) is 18.2 Å². The Morgan fingerprint density at radius 3 is 2.23 bits per heavy atom. The second-order valence-corrected chi connectivity index (χ2v) is 2.16. The van der Waals surface area contributed by atoms with Gasteiger partial charge in [-0.3, -0.25) is 4.79 Å². The summed E-state index contributed by atoms with van der Waals surface area (Å²) >= 11 is 0. The Kier molecular flexibility index (Phi) is 5.90. The minimum atomic E-state index is -0.139. The second kappa shape index (κ2) is 6.44. The number of Topliss-reactive ketones (excluding diaryl/α,β-unsaturated/α-hetero) is 1. The molecule has 3 nitrogen and oxygen atoms in total. The molecule has 1 rings (SSSR count). The number of nitroso groups, excluding NO2 is 1. The molecule has 0 saturated heterocycles. The van der Waals surface area contributed by atoms with E-state index in [-0.39, 0.29) is 11.5 Å². The molecular weight excluding hydrogens is 185 g/mol. The van der Waals surface area contributed by atoms with E-state index in [1.807, 2.05) is 6.66 Å². The molecule has 1 unspecified atom stereocenters. The first-order valence-electron chi connectivity index (χ1n) is 3.77.